The van der Waals surface area contributed by atoms with Gasteiger partial charge in [0, 0.05) is 47.3 Å². The number of amidine groups is 1. The van der Waals surface area contributed by atoms with Gasteiger partial charge in [-0.3, -0.25) is 9.88 Å². The van der Waals surface area contributed by atoms with Gasteiger partial charge in [-0.2, -0.15) is 0 Å². The molecule has 142 valence electrons. The Morgan fingerprint density at radius 3 is 2.44 bits per heavy atom. The lowest BCUT2D eigenvalue weighted by Crippen LogP contribution is -2.51. The summed E-state index contributed by atoms with van der Waals surface area (Å²) in [6.07, 6.45) is 3.44. The number of nitrogens with one attached hydrogen (secondary N) is 1. The third-order valence-corrected chi connectivity index (χ3v) is 4.77. The van der Waals surface area contributed by atoms with Crippen molar-refractivity contribution in [3.8, 4) is 0 Å². The maximum Gasteiger partial charge on any atom is 0.160 e. The Morgan fingerprint density at radius 1 is 1.33 bits per heavy atom. The number of aliphatic imine (C=N–C) groups is 1. The van der Waals surface area contributed by atoms with E-state index in [2.05, 4.69) is 57.1 Å². The molecule has 1 fully saturated rings. The van der Waals surface area contributed by atoms with Crippen LogP contribution in [0.3, 0.4) is 0 Å². The van der Waals surface area contributed by atoms with Crippen LogP contribution in [0.25, 0.3) is 5.57 Å². The number of rotatable bonds is 7. The van der Waals surface area contributed by atoms with Crippen molar-refractivity contribution in [2.75, 3.05) is 18.0 Å². The van der Waals surface area contributed by atoms with Crippen molar-refractivity contribution >= 4 is 38.7 Å². The second kappa shape index (κ2) is 8.48. The van der Waals surface area contributed by atoms with Crippen LogP contribution in [0.2, 0.25) is 0 Å². The Kier molecular flexibility index (Phi) is 6.54. The first-order valence-electron chi connectivity index (χ1n) is 8.62. The van der Waals surface area contributed by atoms with E-state index in [9.17, 15) is 0 Å². The number of aromatic nitrogens is 1. The molecule has 1 aliphatic rings. The van der Waals surface area contributed by atoms with Gasteiger partial charge < -0.3 is 10.3 Å². The van der Waals surface area contributed by atoms with E-state index in [1.54, 1.807) is 12.4 Å². The van der Waals surface area contributed by atoms with E-state index in [0.29, 0.717) is 17.2 Å². The number of halogens is 1. The Labute approximate surface area is 170 Å². The van der Waals surface area contributed by atoms with Crippen molar-refractivity contribution in [1.82, 2.24) is 9.88 Å². The van der Waals surface area contributed by atoms with Gasteiger partial charge in [-0.25, -0.2) is 4.99 Å². The van der Waals surface area contributed by atoms with Crippen molar-refractivity contribution in [3.63, 3.8) is 0 Å². The van der Waals surface area contributed by atoms with Crippen molar-refractivity contribution < 1.29 is 0 Å². The molecule has 0 spiro atoms. The van der Waals surface area contributed by atoms with E-state index in [0.717, 1.165) is 40.2 Å². The Balaban J connectivity index is 2.47. The summed E-state index contributed by atoms with van der Waals surface area (Å²) in [7, 11) is 0. The average Bonchev–Trinajstić information content (AvgIpc) is 2.52. The minimum Gasteiger partial charge on any atom is -0.368 e. The Hall–Kier alpha value is -2.47. The first-order valence-corrected chi connectivity index (χ1v) is 9.41. The van der Waals surface area contributed by atoms with Crippen LogP contribution >= 0.6 is 15.9 Å². The van der Waals surface area contributed by atoms with Gasteiger partial charge in [0.1, 0.15) is 0 Å². The molecule has 0 aliphatic carbocycles. The zero-order valence-corrected chi connectivity index (χ0v) is 17.8. The molecule has 1 saturated heterocycles. The number of likely N-dealkylation sites (tertiary alicyclic amines) is 1. The van der Waals surface area contributed by atoms with Crippen LogP contribution in [0.1, 0.15) is 26.5 Å². The predicted molar refractivity (Wildman–Crippen MR) is 119 cm³/mol. The lowest BCUT2D eigenvalue weighted by Gasteiger charge is -2.43. The summed E-state index contributed by atoms with van der Waals surface area (Å²) in [5.41, 5.74) is 4.54. The molecule has 1 aliphatic heterocycles. The maximum atomic E-state index is 7.81. The standard InChI is InChI=1S/C21H26BrN5/c1-8-27(19-9-18(22)10-24-20(19)13(2)3)21(25-14(4)5)16(7)26-11-17(12-26)15(6)23/h8-10,17,23H,1-2,4,7,11-12H2,3,5-6H3/b23-15?,25-21-. The molecule has 0 aromatic carbocycles. The molecule has 0 unspecified atom stereocenters. The molecule has 0 atom stereocenters. The van der Waals surface area contributed by atoms with Gasteiger partial charge in [-0.1, -0.05) is 26.3 Å². The molecule has 0 saturated carbocycles. The normalized spacial score (nSPS) is 14.4. The summed E-state index contributed by atoms with van der Waals surface area (Å²) >= 11 is 3.49. The van der Waals surface area contributed by atoms with E-state index in [1.165, 1.54) is 0 Å². The monoisotopic (exact) mass is 427 g/mol. The molecule has 0 bridgehead atoms. The molecular weight excluding hydrogens is 402 g/mol. The minimum absolute atomic E-state index is 0.267. The van der Waals surface area contributed by atoms with Gasteiger partial charge in [-0.05, 0) is 48.3 Å². The largest absolute Gasteiger partial charge is 0.368 e. The lowest BCUT2D eigenvalue weighted by molar-refractivity contribution is 0.202. The first kappa shape index (κ1) is 20.8. The van der Waals surface area contributed by atoms with E-state index in [4.69, 9.17) is 5.41 Å². The van der Waals surface area contributed by atoms with Gasteiger partial charge >= 0.3 is 0 Å². The van der Waals surface area contributed by atoms with Gasteiger partial charge in [-0.15, -0.1) is 0 Å². The van der Waals surface area contributed by atoms with Gasteiger partial charge in [0.05, 0.1) is 17.1 Å². The smallest absolute Gasteiger partial charge is 0.160 e. The number of allylic oxidation sites excluding steroid dienone is 2. The van der Waals surface area contributed by atoms with Gasteiger partial charge in [0.25, 0.3) is 0 Å². The highest BCUT2D eigenvalue weighted by Gasteiger charge is 2.32. The van der Waals surface area contributed by atoms with Crippen molar-refractivity contribution in [1.29, 1.82) is 5.41 Å². The quantitative estimate of drug-likeness (QED) is 0.477. The fourth-order valence-corrected chi connectivity index (χ4v) is 3.11. The van der Waals surface area contributed by atoms with Gasteiger partial charge in [0.2, 0.25) is 0 Å². The highest BCUT2D eigenvalue weighted by atomic mass is 79.9. The van der Waals surface area contributed by atoms with Crippen LogP contribution in [-0.4, -0.2) is 34.5 Å². The summed E-state index contributed by atoms with van der Waals surface area (Å²) in [6.45, 7) is 23.3. The molecule has 0 amide bonds. The number of nitrogens with zero attached hydrogens (tertiary/aromatic N) is 4. The number of anilines is 1. The van der Waals surface area contributed by atoms with E-state index in [-0.39, 0.29) is 5.92 Å². The van der Waals surface area contributed by atoms with Crippen LogP contribution in [0.5, 0.6) is 0 Å². The molecule has 6 heteroatoms. The molecule has 5 nitrogen and oxygen atoms in total. The van der Waals surface area contributed by atoms with E-state index < -0.39 is 0 Å². The topological polar surface area (TPSA) is 55.6 Å². The van der Waals surface area contributed by atoms with Crippen LogP contribution in [0.15, 0.2) is 65.6 Å². The van der Waals surface area contributed by atoms with Crippen LogP contribution in [-0.2, 0) is 0 Å². The SMILES string of the molecule is C=CN(/C(=N\C(=C)C)C(=C)N1CC(C(C)=N)C1)c1cc(Br)cnc1C(=C)C. The van der Waals surface area contributed by atoms with Crippen molar-refractivity contribution in [2.24, 2.45) is 10.9 Å². The summed E-state index contributed by atoms with van der Waals surface area (Å²) in [5.74, 6) is 0.907. The third kappa shape index (κ3) is 4.63. The van der Waals surface area contributed by atoms with Crippen LogP contribution in [0.4, 0.5) is 5.69 Å². The fourth-order valence-electron chi connectivity index (χ4n) is 2.79. The molecule has 1 aromatic rings. The molecule has 2 rings (SSSR count). The number of pyridine rings is 1. The molecule has 1 aromatic heterocycles. The fraction of sp³-hybridized carbons (Fsp3) is 0.286. The average molecular weight is 428 g/mol. The Morgan fingerprint density at radius 2 is 1.96 bits per heavy atom. The van der Waals surface area contributed by atoms with Crippen molar-refractivity contribution in [3.05, 3.63) is 66.3 Å². The number of hydrogen-bond acceptors (Lipinski definition) is 4. The maximum absolute atomic E-state index is 7.81. The van der Waals surface area contributed by atoms with E-state index >= 15 is 0 Å². The summed E-state index contributed by atoms with van der Waals surface area (Å²) in [4.78, 5) is 13.1. The van der Waals surface area contributed by atoms with E-state index in [1.807, 2.05) is 31.7 Å². The lowest BCUT2D eigenvalue weighted by atomic mass is 9.94. The van der Waals surface area contributed by atoms with Crippen LogP contribution in [0, 0.1) is 11.3 Å². The zero-order valence-electron chi connectivity index (χ0n) is 16.2. The minimum atomic E-state index is 0.267. The second-order valence-corrected chi connectivity index (χ2v) is 7.67. The molecule has 2 heterocycles. The summed E-state index contributed by atoms with van der Waals surface area (Å²) in [6, 6.07) is 1.96. The zero-order chi connectivity index (χ0) is 20.3. The molecular formula is C21H26BrN5. The second-order valence-electron chi connectivity index (χ2n) is 6.76. The first-order chi connectivity index (χ1) is 12.6. The summed E-state index contributed by atoms with van der Waals surface area (Å²) in [5, 5.41) is 7.81. The number of hydrogen-bond donors (Lipinski definition) is 1. The third-order valence-electron chi connectivity index (χ3n) is 4.34. The highest BCUT2D eigenvalue weighted by Crippen LogP contribution is 2.31. The Bertz CT molecular complexity index is 846. The summed E-state index contributed by atoms with van der Waals surface area (Å²) < 4.78 is 0.845. The molecule has 1 N–H and O–H groups in total. The van der Waals surface area contributed by atoms with Crippen LogP contribution < -0.4 is 4.90 Å². The molecule has 0 radical (unpaired) electrons. The van der Waals surface area contributed by atoms with Crippen molar-refractivity contribution in [2.45, 2.75) is 20.8 Å². The predicted octanol–water partition coefficient (Wildman–Crippen LogP) is 5.24. The van der Waals surface area contributed by atoms with Gasteiger partial charge in [0.15, 0.2) is 5.84 Å². The highest BCUT2D eigenvalue weighted by molar-refractivity contribution is 9.10. The molecule has 27 heavy (non-hydrogen) atoms.